The highest BCUT2D eigenvalue weighted by atomic mass is 16.1. The summed E-state index contributed by atoms with van der Waals surface area (Å²) < 4.78 is 0. The molecule has 2 aliphatic carbocycles. The van der Waals surface area contributed by atoms with E-state index in [0.29, 0.717) is 0 Å². The van der Waals surface area contributed by atoms with Crippen molar-refractivity contribution in [1.82, 2.24) is 5.32 Å². The monoisotopic (exact) mass is 244 g/mol. The van der Waals surface area contributed by atoms with Crippen molar-refractivity contribution in [2.45, 2.75) is 37.6 Å². The molecule has 96 valence electrons. The Morgan fingerprint density at radius 2 is 1.89 bits per heavy atom. The Labute approximate surface area is 108 Å². The predicted molar refractivity (Wildman–Crippen MR) is 71.1 cm³/mol. The molecular formula is C15H20N2O. The maximum atomic E-state index is 11.5. The van der Waals surface area contributed by atoms with Gasteiger partial charge in [0.1, 0.15) is 6.04 Å². The van der Waals surface area contributed by atoms with Crippen LogP contribution in [-0.4, -0.2) is 12.5 Å². The molecule has 1 aromatic rings. The zero-order valence-electron chi connectivity index (χ0n) is 10.6. The van der Waals surface area contributed by atoms with Gasteiger partial charge in [-0.25, -0.2) is 0 Å². The van der Waals surface area contributed by atoms with E-state index in [-0.39, 0.29) is 11.9 Å². The van der Waals surface area contributed by atoms with Gasteiger partial charge in [-0.1, -0.05) is 24.3 Å². The fraction of sp³-hybridized carbons (Fsp3) is 0.533. The first-order valence-corrected chi connectivity index (χ1v) is 6.86. The molecule has 3 rings (SSSR count). The fourth-order valence-electron chi connectivity index (χ4n) is 2.37. The summed E-state index contributed by atoms with van der Waals surface area (Å²) >= 11 is 0. The Morgan fingerprint density at radius 3 is 2.39 bits per heavy atom. The van der Waals surface area contributed by atoms with Crippen LogP contribution in [0.15, 0.2) is 24.3 Å². The van der Waals surface area contributed by atoms with Gasteiger partial charge in [0.2, 0.25) is 5.91 Å². The first kappa shape index (κ1) is 11.7. The molecule has 1 aromatic carbocycles. The van der Waals surface area contributed by atoms with Gasteiger partial charge in [-0.3, -0.25) is 4.79 Å². The van der Waals surface area contributed by atoms with Crippen LogP contribution in [0.25, 0.3) is 0 Å². The maximum absolute atomic E-state index is 11.5. The number of nitrogens with one attached hydrogen (secondary N) is 1. The van der Waals surface area contributed by atoms with Crippen LogP contribution in [0.3, 0.4) is 0 Å². The summed E-state index contributed by atoms with van der Waals surface area (Å²) in [4.78, 5) is 11.5. The van der Waals surface area contributed by atoms with Gasteiger partial charge in [0.25, 0.3) is 0 Å². The number of amides is 1. The minimum absolute atomic E-state index is 0.283. The van der Waals surface area contributed by atoms with Gasteiger partial charge < -0.3 is 11.1 Å². The summed E-state index contributed by atoms with van der Waals surface area (Å²) in [5, 5.41) is 3.29. The number of benzene rings is 1. The van der Waals surface area contributed by atoms with Gasteiger partial charge in [0.15, 0.2) is 0 Å². The third-order valence-electron chi connectivity index (χ3n) is 3.91. The molecule has 2 aliphatic rings. The van der Waals surface area contributed by atoms with Gasteiger partial charge in [-0.15, -0.1) is 0 Å². The van der Waals surface area contributed by atoms with Crippen LogP contribution in [0.1, 0.15) is 48.8 Å². The second-order valence-corrected chi connectivity index (χ2v) is 5.63. The van der Waals surface area contributed by atoms with Crippen LogP contribution >= 0.6 is 0 Å². The first-order chi connectivity index (χ1) is 8.74. The van der Waals surface area contributed by atoms with E-state index in [2.05, 4.69) is 17.4 Å². The number of hydrogen-bond donors (Lipinski definition) is 2. The highest BCUT2D eigenvalue weighted by Gasteiger charge is 2.26. The summed E-state index contributed by atoms with van der Waals surface area (Å²) in [7, 11) is 0. The lowest BCUT2D eigenvalue weighted by atomic mass is 10.0. The maximum Gasteiger partial charge on any atom is 0.239 e. The molecule has 18 heavy (non-hydrogen) atoms. The second kappa shape index (κ2) is 4.73. The molecule has 1 atom stereocenters. The van der Waals surface area contributed by atoms with Gasteiger partial charge >= 0.3 is 0 Å². The molecule has 2 fully saturated rings. The molecule has 0 bridgehead atoms. The topological polar surface area (TPSA) is 55.1 Å². The number of nitrogens with two attached hydrogens (primary N) is 1. The Bertz CT molecular complexity index is 432. The van der Waals surface area contributed by atoms with Gasteiger partial charge in [0, 0.05) is 0 Å². The van der Waals surface area contributed by atoms with Crippen molar-refractivity contribution < 1.29 is 4.79 Å². The van der Waals surface area contributed by atoms with Crippen molar-refractivity contribution >= 4 is 5.91 Å². The van der Waals surface area contributed by atoms with Crippen molar-refractivity contribution in [2.75, 3.05) is 6.54 Å². The van der Waals surface area contributed by atoms with Gasteiger partial charge in [-0.05, 0) is 55.2 Å². The van der Waals surface area contributed by atoms with Gasteiger partial charge in [-0.2, -0.15) is 0 Å². The molecule has 2 saturated carbocycles. The second-order valence-electron chi connectivity index (χ2n) is 5.63. The van der Waals surface area contributed by atoms with Crippen LogP contribution < -0.4 is 11.1 Å². The molecule has 0 aromatic heterocycles. The number of rotatable bonds is 6. The number of carbonyl (C=O) groups is 1. The lowest BCUT2D eigenvalue weighted by Crippen LogP contribution is -2.34. The Balaban J connectivity index is 1.68. The van der Waals surface area contributed by atoms with Crippen LogP contribution in [0, 0.1) is 5.92 Å². The Morgan fingerprint density at radius 1 is 1.22 bits per heavy atom. The number of hydrogen-bond acceptors (Lipinski definition) is 2. The van der Waals surface area contributed by atoms with Crippen molar-refractivity contribution in [1.29, 1.82) is 0 Å². The summed E-state index contributed by atoms with van der Waals surface area (Å²) in [5.41, 5.74) is 7.87. The van der Waals surface area contributed by atoms with Crippen molar-refractivity contribution in [2.24, 2.45) is 11.7 Å². The highest BCUT2D eigenvalue weighted by molar-refractivity contribution is 5.81. The van der Waals surface area contributed by atoms with Crippen LogP contribution in [0.4, 0.5) is 0 Å². The van der Waals surface area contributed by atoms with Crippen LogP contribution in [0.5, 0.6) is 0 Å². The van der Waals surface area contributed by atoms with E-state index in [1.165, 1.54) is 31.2 Å². The summed E-state index contributed by atoms with van der Waals surface area (Å²) in [6.45, 7) is 0.901. The van der Waals surface area contributed by atoms with Gasteiger partial charge in [0.05, 0.1) is 0 Å². The zero-order valence-corrected chi connectivity index (χ0v) is 10.6. The van der Waals surface area contributed by atoms with E-state index in [4.69, 9.17) is 5.73 Å². The standard InChI is InChI=1S/C15H20N2O/c16-15(18)14(17-9-10-1-2-10)13-7-5-12(6-8-13)11-3-4-11/h5-8,10-11,14,17H,1-4,9H2,(H2,16,18). The largest absolute Gasteiger partial charge is 0.368 e. The minimum Gasteiger partial charge on any atom is -0.368 e. The average molecular weight is 244 g/mol. The van der Waals surface area contributed by atoms with E-state index >= 15 is 0 Å². The molecule has 1 amide bonds. The summed E-state index contributed by atoms with van der Waals surface area (Å²) in [5.74, 6) is 1.22. The minimum atomic E-state index is -0.334. The average Bonchev–Trinajstić information content (AvgIpc) is 3.24. The van der Waals surface area contributed by atoms with Crippen molar-refractivity contribution in [3.8, 4) is 0 Å². The smallest absolute Gasteiger partial charge is 0.239 e. The summed E-state index contributed by atoms with van der Waals surface area (Å²) in [6.07, 6.45) is 5.16. The molecular weight excluding hydrogens is 224 g/mol. The zero-order chi connectivity index (χ0) is 12.5. The third kappa shape index (κ3) is 2.72. The fourth-order valence-corrected chi connectivity index (χ4v) is 2.37. The van der Waals surface area contributed by atoms with E-state index < -0.39 is 0 Å². The van der Waals surface area contributed by atoms with Crippen LogP contribution in [-0.2, 0) is 4.79 Å². The molecule has 0 radical (unpaired) electrons. The van der Waals surface area contributed by atoms with E-state index in [1.54, 1.807) is 0 Å². The third-order valence-corrected chi connectivity index (χ3v) is 3.91. The Kier molecular flexibility index (Phi) is 3.08. The molecule has 0 spiro atoms. The first-order valence-electron chi connectivity index (χ1n) is 6.86. The quantitative estimate of drug-likeness (QED) is 0.805. The lowest BCUT2D eigenvalue weighted by Gasteiger charge is -2.16. The van der Waals surface area contributed by atoms with Crippen LogP contribution in [0.2, 0.25) is 0 Å². The number of primary amides is 1. The lowest BCUT2D eigenvalue weighted by molar-refractivity contribution is -0.120. The molecule has 3 nitrogen and oxygen atoms in total. The molecule has 0 aliphatic heterocycles. The predicted octanol–water partition coefficient (Wildman–Crippen LogP) is 2.09. The highest BCUT2D eigenvalue weighted by Crippen LogP contribution is 2.40. The molecule has 0 saturated heterocycles. The Hall–Kier alpha value is -1.35. The van der Waals surface area contributed by atoms with E-state index in [0.717, 1.165) is 23.9 Å². The molecule has 1 unspecified atom stereocenters. The number of carbonyl (C=O) groups excluding carboxylic acids is 1. The molecule has 3 N–H and O–H groups in total. The van der Waals surface area contributed by atoms with E-state index in [1.807, 2.05) is 12.1 Å². The SMILES string of the molecule is NC(=O)C(NCC1CC1)c1ccc(C2CC2)cc1. The normalized spacial score (nSPS) is 20.7. The molecule has 3 heteroatoms. The summed E-state index contributed by atoms with van der Waals surface area (Å²) in [6, 6.07) is 8.04. The van der Waals surface area contributed by atoms with Crippen molar-refractivity contribution in [3.05, 3.63) is 35.4 Å². The van der Waals surface area contributed by atoms with Crippen molar-refractivity contribution in [3.63, 3.8) is 0 Å². The van der Waals surface area contributed by atoms with E-state index in [9.17, 15) is 4.79 Å². The molecule has 0 heterocycles.